The quantitative estimate of drug-likeness (QED) is 0.810. The summed E-state index contributed by atoms with van der Waals surface area (Å²) in [5, 5.41) is 0. The van der Waals surface area contributed by atoms with Gasteiger partial charge in [-0.25, -0.2) is 12.8 Å². The van der Waals surface area contributed by atoms with E-state index in [0.717, 1.165) is 5.56 Å². The first kappa shape index (κ1) is 17.1. The molecule has 0 aromatic heterocycles. The highest BCUT2D eigenvalue weighted by molar-refractivity contribution is 7.92. The smallest absolute Gasteiger partial charge is 0.158 e. The maximum absolute atomic E-state index is 13.8. The van der Waals surface area contributed by atoms with Gasteiger partial charge in [0.2, 0.25) is 0 Å². The lowest BCUT2D eigenvalue weighted by atomic mass is 10.0. The molecule has 0 fully saturated rings. The second kappa shape index (κ2) is 5.79. The van der Waals surface area contributed by atoms with Gasteiger partial charge in [-0.3, -0.25) is 0 Å². The van der Waals surface area contributed by atoms with Crippen molar-refractivity contribution in [1.82, 2.24) is 0 Å². The fourth-order valence-electron chi connectivity index (χ4n) is 1.88. The van der Waals surface area contributed by atoms with E-state index in [2.05, 4.69) is 0 Å². The molecular formula is C14H23FN2O2S. The Kier molecular flexibility index (Phi) is 4.94. The summed E-state index contributed by atoms with van der Waals surface area (Å²) in [5.74, 6) is -1.04. The molecule has 0 saturated heterocycles. The van der Waals surface area contributed by atoms with Crippen LogP contribution < -0.4 is 11.5 Å². The van der Waals surface area contributed by atoms with Crippen LogP contribution in [0.25, 0.3) is 0 Å². The summed E-state index contributed by atoms with van der Waals surface area (Å²) in [6.07, 6.45) is -0.984. The first-order valence-corrected chi connectivity index (χ1v) is 8.14. The van der Waals surface area contributed by atoms with Crippen LogP contribution in [-0.2, 0) is 9.84 Å². The topological polar surface area (TPSA) is 86.2 Å². The van der Waals surface area contributed by atoms with Gasteiger partial charge in [0.15, 0.2) is 9.84 Å². The summed E-state index contributed by atoms with van der Waals surface area (Å²) >= 11 is 0. The van der Waals surface area contributed by atoms with Crippen molar-refractivity contribution in [2.45, 2.75) is 44.5 Å². The van der Waals surface area contributed by atoms with Gasteiger partial charge in [0.05, 0.1) is 16.7 Å². The van der Waals surface area contributed by atoms with Crippen LogP contribution in [0, 0.1) is 12.7 Å². The van der Waals surface area contributed by atoms with Gasteiger partial charge in [-0.1, -0.05) is 24.6 Å². The van der Waals surface area contributed by atoms with Crippen LogP contribution in [0.3, 0.4) is 0 Å². The Morgan fingerprint density at radius 3 is 2.35 bits per heavy atom. The maximum Gasteiger partial charge on any atom is 0.158 e. The number of nitrogens with two attached hydrogens (primary N) is 2. The van der Waals surface area contributed by atoms with Crippen LogP contribution in [-0.4, -0.2) is 25.1 Å². The zero-order valence-corrected chi connectivity index (χ0v) is 13.2. The predicted octanol–water partition coefficient (Wildman–Crippen LogP) is 1.67. The van der Waals surface area contributed by atoms with Crippen molar-refractivity contribution in [2.75, 3.05) is 5.75 Å². The number of halogens is 1. The van der Waals surface area contributed by atoms with E-state index in [9.17, 15) is 12.8 Å². The zero-order valence-electron chi connectivity index (χ0n) is 12.4. The van der Waals surface area contributed by atoms with Crippen molar-refractivity contribution < 1.29 is 12.8 Å². The Bertz CT molecular complexity index is 583. The van der Waals surface area contributed by atoms with Crippen LogP contribution in [0.2, 0.25) is 0 Å². The number of hydrogen-bond acceptors (Lipinski definition) is 4. The SMILES string of the molecule is Cc1ccc(F)c(C(C)CS(=O)(=O)C(C)(C)C(N)N)c1. The molecule has 0 aliphatic carbocycles. The molecule has 1 aromatic rings. The van der Waals surface area contributed by atoms with Crippen molar-refractivity contribution in [2.24, 2.45) is 11.5 Å². The Labute approximate surface area is 120 Å². The van der Waals surface area contributed by atoms with Crippen molar-refractivity contribution in [3.63, 3.8) is 0 Å². The summed E-state index contributed by atoms with van der Waals surface area (Å²) in [5.41, 5.74) is 12.4. The standard InChI is InChI=1S/C14H23FN2O2S/c1-9-5-6-12(15)11(7-9)10(2)8-20(18,19)14(3,4)13(16)17/h5-7,10,13H,8,16-17H2,1-4H3. The van der Waals surface area contributed by atoms with Gasteiger partial charge in [-0.15, -0.1) is 0 Å². The van der Waals surface area contributed by atoms with E-state index in [0.29, 0.717) is 5.56 Å². The molecule has 0 saturated carbocycles. The fraction of sp³-hybridized carbons (Fsp3) is 0.571. The van der Waals surface area contributed by atoms with E-state index >= 15 is 0 Å². The molecule has 4 nitrogen and oxygen atoms in total. The molecule has 114 valence electrons. The third kappa shape index (κ3) is 3.37. The molecule has 1 unspecified atom stereocenters. The third-order valence-electron chi connectivity index (χ3n) is 3.76. The highest BCUT2D eigenvalue weighted by Crippen LogP contribution is 2.27. The fourth-order valence-corrected chi connectivity index (χ4v) is 3.56. The normalized spacial score (nSPS) is 14.6. The molecule has 0 heterocycles. The largest absolute Gasteiger partial charge is 0.315 e. The third-order valence-corrected chi connectivity index (χ3v) is 6.57. The number of aryl methyl sites for hydroxylation is 1. The molecule has 20 heavy (non-hydrogen) atoms. The summed E-state index contributed by atoms with van der Waals surface area (Å²) in [7, 11) is -3.55. The Hall–Kier alpha value is -0.980. The van der Waals surface area contributed by atoms with Gasteiger partial charge in [-0.2, -0.15) is 0 Å². The van der Waals surface area contributed by atoms with Gasteiger partial charge in [0.25, 0.3) is 0 Å². The highest BCUT2D eigenvalue weighted by Gasteiger charge is 2.39. The molecule has 4 N–H and O–H groups in total. The monoisotopic (exact) mass is 302 g/mol. The number of sulfone groups is 1. The number of hydrogen-bond donors (Lipinski definition) is 2. The molecular weight excluding hydrogens is 279 g/mol. The number of benzene rings is 1. The van der Waals surface area contributed by atoms with E-state index < -0.39 is 32.5 Å². The first-order chi connectivity index (χ1) is 8.99. The predicted molar refractivity (Wildman–Crippen MR) is 79.6 cm³/mol. The molecule has 0 radical (unpaired) electrons. The van der Waals surface area contributed by atoms with Crippen LogP contribution in [0.4, 0.5) is 4.39 Å². The molecule has 1 atom stereocenters. The minimum Gasteiger partial charge on any atom is -0.315 e. The highest BCUT2D eigenvalue weighted by atomic mass is 32.2. The Morgan fingerprint density at radius 2 is 1.85 bits per heavy atom. The summed E-state index contributed by atoms with van der Waals surface area (Å²) in [4.78, 5) is 0. The number of rotatable bonds is 5. The van der Waals surface area contributed by atoms with Gasteiger partial charge < -0.3 is 11.5 Å². The van der Waals surface area contributed by atoms with Gasteiger partial charge in [0.1, 0.15) is 5.82 Å². The van der Waals surface area contributed by atoms with Crippen molar-refractivity contribution in [3.8, 4) is 0 Å². The van der Waals surface area contributed by atoms with Crippen molar-refractivity contribution in [1.29, 1.82) is 0 Å². The first-order valence-electron chi connectivity index (χ1n) is 6.48. The summed E-state index contributed by atoms with van der Waals surface area (Å²) in [6, 6.07) is 4.68. The lowest BCUT2D eigenvalue weighted by Gasteiger charge is -2.30. The average molecular weight is 302 g/mol. The van der Waals surface area contributed by atoms with Gasteiger partial charge >= 0.3 is 0 Å². The summed E-state index contributed by atoms with van der Waals surface area (Å²) in [6.45, 7) is 6.51. The van der Waals surface area contributed by atoms with Crippen LogP contribution in [0.15, 0.2) is 18.2 Å². The summed E-state index contributed by atoms with van der Waals surface area (Å²) < 4.78 is 37.3. The molecule has 1 rings (SSSR count). The van der Waals surface area contributed by atoms with Crippen LogP contribution >= 0.6 is 0 Å². The molecule has 0 amide bonds. The van der Waals surface area contributed by atoms with E-state index in [-0.39, 0.29) is 5.75 Å². The van der Waals surface area contributed by atoms with E-state index in [1.807, 2.05) is 6.92 Å². The van der Waals surface area contributed by atoms with E-state index in [4.69, 9.17) is 11.5 Å². The van der Waals surface area contributed by atoms with Gasteiger partial charge in [0, 0.05) is 0 Å². The Morgan fingerprint density at radius 1 is 1.30 bits per heavy atom. The van der Waals surface area contributed by atoms with Crippen molar-refractivity contribution in [3.05, 3.63) is 35.1 Å². The van der Waals surface area contributed by atoms with Gasteiger partial charge in [-0.05, 0) is 38.3 Å². The lowest BCUT2D eigenvalue weighted by Crippen LogP contribution is -2.55. The maximum atomic E-state index is 13.8. The average Bonchev–Trinajstić information content (AvgIpc) is 2.31. The second-order valence-corrected chi connectivity index (χ2v) is 8.45. The van der Waals surface area contributed by atoms with Crippen LogP contribution in [0.5, 0.6) is 0 Å². The molecule has 0 aliphatic rings. The lowest BCUT2D eigenvalue weighted by molar-refractivity contribution is 0.486. The molecule has 0 spiro atoms. The Balaban J connectivity index is 3.07. The molecule has 0 aliphatic heterocycles. The van der Waals surface area contributed by atoms with E-state index in [1.165, 1.54) is 19.9 Å². The zero-order chi connectivity index (χ0) is 15.7. The molecule has 1 aromatic carbocycles. The molecule has 0 bridgehead atoms. The molecule has 6 heteroatoms. The van der Waals surface area contributed by atoms with E-state index in [1.54, 1.807) is 19.1 Å². The second-order valence-electron chi connectivity index (χ2n) is 5.84. The van der Waals surface area contributed by atoms with Crippen LogP contribution in [0.1, 0.15) is 37.8 Å². The minimum atomic E-state index is -3.55. The minimum absolute atomic E-state index is 0.189. The van der Waals surface area contributed by atoms with Crippen molar-refractivity contribution >= 4 is 9.84 Å².